The third-order valence-corrected chi connectivity index (χ3v) is 4.53. The molecule has 0 aliphatic heterocycles. The summed E-state index contributed by atoms with van der Waals surface area (Å²) in [7, 11) is 0. The molecule has 0 amide bonds. The molecule has 0 aromatic heterocycles. The molecule has 0 heterocycles. The van der Waals surface area contributed by atoms with Gasteiger partial charge in [0.05, 0.1) is 32.5 Å². The first-order chi connectivity index (χ1) is 12.7. The van der Waals surface area contributed by atoms with Crippen molar-refractivity contribution < 1.29 is 14.6 Å². The zero-order chi connectivity index (χ0) is 18.6. The predicted octanol–water partition coefficient (Wildman–Crippen LogP) is 4.61. The fourth-order valence-electron chi connectivity index (χ4n) is 3.08. The highest BCUT2D eigenvalue weighted by Gasteiger charge is 2.27. The molecule has 0 saturated carbocycles. The van der Waals surface area contributed by atoms with E-state index < -0.39 is 0 Å². The van der Waals surface area contributed by atoms with Crippen LogP contribution in [-0.2, 0) is 22.7 Å². The van der Waals surface area contributed by atoms with Gasteiger partial charge in [0.1, 0.15) is 0 Å². The van der Waals surface area contributed by atoms with E-state index in [-0.39, 0.29) is 24.5 Å². The van der Waals surface area contributed by atoms with Gasteiger partial charge in [0.25, 0.3) is 0 Å². The zero-order valence-corrected chi connectivity index (χ0v) is 15.6. The number of allylic oxidation sites excluding steroid dienone is 1. The van der Waals surface area contributed by atoms with Gasteiger partial charge in [-0.25, -0.2) is 0 Å². The van der Waals surface area contributed by atoms with Crippen LogP contribution < -0.4 is 0 Å². The molecule has 0 fully saturated rings. The summed E-state index contributed by atoms with van der Waals surface area (Å²) in [5.41, 5.74) is 2.26. The number of aliphatic hydroxyl groups excluding tert-OH is 1. The summed E-state index contributed by atoms with van der Waals surface area (Å²) in [6.07, 6.45) is 2.66. The van der Waals surface area contributed by atoms with Gasteiger partial charge >= 0.3 is 0 Å². The molecular weight excluding hydrogens is 324 g/mol. The summed E-state index contributed by atoms with van der Waals surface area (Å²) in [6.45, 7) is 7.55. The number of aliphatic hydroxyl groups is 1. The Balaban J connectivity index is 1.94. The van der Waals surface area contributed by atoms with Gasteiger partial charge in [-0.15, -0.1) is 6.58 Å². The number of rotatable bonds is 12. The quantitative estimate of drug-likeness (QED) is 0.566. The van der Waals surface area contributed by atoms with Crippen LogP contribution >= 0.6 is 0 Å². The molecule has 26 heavy (non-hydrogen) atoms. The smallest absolute Gasteiger partial charge is 0.0720 e. The number of benzene rings is 2. The van der Waals surface area contributed by atoms with E-state index in [0.29, 0.717) is 19.8 Å². The van der Waals surface area contributed by atoms with Gasteiger partial charge in [-0.05, 0) is 23.5 Å². The topological polar surface area (TPSA) is 38.7 Å². The largest absolute Gasteiger partial charge is 0.396 e. The Bertz CT molecular complexity index is 612. The number of hydrogen-bond donors (Lipinski definition) is 1. The van der Waals surface area contributed by atoms with Gasteiger partial charge in [-0.1, -0.05) is 73.7 Å². The Morgan fingerprint density at radius 1 is 0.962 bits per heavy atom. The monoisotopic (exact) mass is 354 g/mol. The maximum absolute atomic E-state index is 9.92. The van der Waals surface area contributed by atoms with E-state index in [1.165, 1.54) is 0 Å². The first kappa shape index (κ1) is 20.4. The summed E-state index contributed by atoms with van der Waals surface area (Å²) >= 11 is 0. The van der Waals surface area contributed by atoms with Crippen LogP contribution in [0.15, 0.2) is 73.3 Å². The van der Waals surface area contributed by atoms with Crippen LogP contribution in [0.2, 0.25) is 0 Å². The van der Waals surface area contributed by atoms with Crippen LogP contribution in [0.4, 0.5) is 0 Å². The van der Waals surface area contributed by atoms with Crippen molar-refractivity contribution in [2.24, 2.45) is 11.8 Å². The van der Waals surface area contributed by atoms with Crippen molar-refractivity contribution in [1.82, 2.24) is 0 Å². The minimum Gasteiger partial charge on any atom is -0.396 e. The normalized spacial score (nSPS) is 14.5. The summed E-state index contributed by atoms with van der Waals surface area (Å²) in [4.78, 5) is 0. The fourth-order valence-corrected chi connectivity index (χ4v) is 3.08. The van der Waals surface area contributed by atoms with Gasteiger partial charge in [-0.3, -0.25) is 0 Å². The average Bonchev–Trinajstić information content (AvgIpc) is 2.68. The molecule has 140 valence electrons. The van der Waals surface area contributed by atoms with Crippen molar-refractivity contribution >= 4 is 0 Å². The average molecular weight is 354 g/mol. The molecule has 3 heteroatoms. The van der Waals surface area contributed by atoms with Crippen LogP contribution in [0.3, 0.4) is 0 Å². The molecule has 0 unspecified atom stereocenters. The van der Waals surface area contributed by atoms with E-state index in [1.54, 1.807) is 0 Å². The molecule has 1 N–H and O–H groups in total. The van der Waals surface area contributed by atoms with E-state index in [4.69, 9.17) is 9.47 Å². The van der Waals surface area contributed by atoms with E-state index in [2.05, 4.69) is 25.6 Å². The molecule has 0 saturated heterocycles. The molecule has 0 radical (unpaired) electrons. The summed E-state index contributed by atoms with van der Waals surface area (Å²) in [5.74, 6) is 0.186. The Labute approximate surface area is 157 Å². The van der Waals surface area contributed by atoms with E-state index >= 15 is 0 Å². The van der Waals surface area contributed by atoms with Gasteiger partial charge in [0, 0.05) is 5.92 Å². The molecule has 0 bridgehead atoms. The lowest BCUT2D eigenvalue weighted by Crippen LogP contribution is -2.35. The summed E-state index contributed by atoms with van der Waals surface area (Å²) in [6, 6.07) is 20.2. The van der Waals surface area contributed by atoms with Crippen molar-refractivity contribution in [3.8, 4) is 0 Å². The fraction of sp³-hybridized carbons (Fsp3) is 0.391. The Morgan fingerprint density at radius 3 is 2.08 bits per heavy atom. The third kappa shape index (κ3) is 6.75. The van der Waals surface area contributed by atoms with Gasteiger partial charge in [0.2, 0.25) is 0 Å². The second kappa shape index (κ2) is 11.6. The first-order valence-corrected chi connectivity index (χ1v) is 9.23. The van der Waals surface area contributed by atoms with Crippen molar-refractivity contribution in [3.63, 3.8) is 0 Å². The van der Waals surface area contributed by atoms with Crippen molar-refractivity contribution in [1.29, 1.82) is 0 Å². The highest BCUT2D eigenvalue weighted by molar-refractivity contribution is 5.14. The van der Waals surface area contributed by atoms with Crippen LogP contribution in [0, 0.1) is 11.8 Å². The molecule has 2 rings (SSSR count). The van der Waals surface area contributed by atoms with Crippen molar-refractivity contribution in [3.05, 3.63) is 84.4 Å². The lowest BCUT2D eigenvalue weighted by atomic mass is 9.90. The molecular formula is C23H30O3. The van der Waals surface area contributed by atoms with E-state index in [1.807, 2.05) is 54.6 Å². The molecule has 2 aromatic rings. The van der Waals surface area contributed by atoms with Gasteiger partial charge < -0.3 is 14.6 Å². The maximum Gasteiger partial charge on any atom is 0.0720 e. The van der Waals surface area contributed by atoms with E-state index in [9.17, 15) is 5.11 Å². The predicted molar refractivity (Wildman–Crippen MR) is 106 cm³/mol. The minimum atomic E-state index is -0.0889. The summed E-state index contributed by atoms with van der Waals surface area (Å²) < 4.78 is 12.1. The zero-order valence-electron chi connectivity index (χ0n) is 15.6. The molecule has 2 aromatic carbocycles. The second-order valence-electron chi connectivity index (χ2n) is 6.71. The molecule has 0 aliphatic rings. The highest BCUT2D eigenvalue weighted by Crippen LogP contribution is 2.23. The van der Waals surface area contributed by atoms with Gasteiger partial charge in [0.15, 0.2) is 0 Å². The van der Waals surface area contributed by atoms with Gasteiger partial charge in [-0.2, -0.15) is 0 Å². The maximum atomic E-state index is 9.92. The Morgan fingerprint density at radius 2 is 1.54 bits per heavy atom. The van der Waals surface area contributed by atoms with Crippen LogP contribution in [0.25, 0.3) is 0 Å². The number of hydrogen-bond acceptors (Lipinski definition) is 3. The molecule has 0 aliphatic carbocycles. The standard InChI is InChI=1S/C23H30O3/c1-3-10-19(2)23(26-17-21-13-8-5-9-14-21)22(15-24)18-25-16-20-11-6-4-7-12-20/h3-9,11-14,19,22-24H,1,10,15-18H2,2H3/t19-,22-,23-/m0/s1. The second-order valence-corrected chi connectivity index (χ2v) is 6.71. The molecule has 3 nitrogen and oxygen atoms in total. The van der Waals surface area contributed by atoms with E-state index in [0.717, 1.165) is 17.5 Å². The summed E-state index contributed by atoms with van der Waals surface area (Å²) in [5, 5.41) is 9.92. The molecule has 3 atom stereocenters. The SMILES string of the molecule is C=CC[C@H](C)[C@H](OCc1ccccc1)[C@@H](CO)COCc1ccccc1. The van der Waals surface area contributed by atoms with Crippen LogP contribution in [-0.4, -0.2) is 24.4 Å². The lowest BCUT2D eigenvalue weighted by molar-refractivity contribution is -0.0744. The minimum absolute atomic E-state index is 0.0374. The lowest BCUT2D eigenvalue weighted by Gasteiger charge is -2.30. The Kier molecular flexibility index (Phi) is 9.11. The Hall–Kier alpha value is -1.94. The van der Waals surface area contributed by atoms with Crippen LogP contribution in [0.1, 0.15) is 24.5 Å². The van der Waals surface area contributed by atoms with Crippen LogP contribution in [0.5, 0.6) is 0 Å². The first-order valence-electron chi connectivity index (χ1n) is 9.23. The van der Waals surface area contributed by atoms with Crippen molar-refractivity contribution in [2.45, 2.75) is 32.7 Å². The van der Waals surface area contributed by atoms with Crippen molar-refractivity contribution in [2.75, 3.05) is 13.2 Å². The number of ether oxygens (including phenoxy) is 2. The highest BCUT2D eigenvalue weighted by atomic mass is 16.5. The molecule has 0 spiro atoms. The third-order valence-electron chi connectivity index (χ3n) is 4.53.